The topological polar surface area (TPSA) is 26.3 Å². The standard InChI is InChI=1S/C15H18O2/c1-10-5-4-6-12-7-8-13(9-14(10)12)11(2)15(16)17-3/h4-6,9,11H,7-8H2,1-3H3. The van der Waals surface area contributed by atoms with Crippen molar-refractivity contribution >= 4 is 12.0 Å². The van der Waals surface area contributed by atoms with Gasteiger partial charge in [0.05, 0.1) is 13.0 Å². The van der Waals surface area contributed by atoms with E-state index in [1.54, 1.807) is 0 Å². The normalized spacial score (nSPS) is 15.8. The van der Waals surface area contributed by atoms with Gasteiger partial charge in [-0.1, -0.05) is 29.8 Å². The van der Waals surface area contributed by atoms with Gasteiger partial charge in [0, 0.05) is 0 Å². The summed E-state index contributed by atoms with van der Waals surface area (Å²) < 4.78 is 4.80. The molecule has 1 aromatic rings. The molecule has 1 unspecified atom stereocenters. The summed E-state index contributed by atoms with van der Waals surface area (Å²) >= 11 is 0. The number of aryl methyl sites for hydroxylation is 2. The van der Waals surface area contributed by atoms with Gasteiger partial charge in [0.25, 0.3) is 0 Å². The molecule has 2 rings (SSSR count). The molecule has 1 aliphatic carbocycles. The largest absolute Gasteiger partial charge is 0.469 e. The van der Waals surface area contributed by atoms with Crippen molar-refractivity contribution in [2.24, 2.45) is 5.92 Å². The van der Waals surface area contributed by atoms with Crippen molar-refractivity contribution in [1.82, 2.24) is 0 Å². The highest BCUT2D eigenvalue weighted by Gasteiger charge is 2.21. The molecule has 90 valence electrons. The second-order valence-corrected chi connectivity index (χ2v) is 4.61. The summed E-state index contributed by atoms with van der Waals surface area (Å²) in [7, 11) is 1.45. The van der Waals surface area contributed by atoms with Gasteiger partial charge in [-0.15, -0.1) is 0 Å². The minimum absolute atomic E-state index is 0.132. The van der Waals surface area contributed by atoms with E-state index in [2.05, 4.69) is 31.2 Å². The number of methoxy groups -OCH3 is 1. The molecule has 1 aromatic carbocycles. The van der Waals surface area contributed by atoms with E-state index in [0.29, 0.717) is 0 Å². The number of ether oxygens (including phenoxy) is 1. The summed E-state index contributed by atoms with van der Waals surface area (Å²) in [5.41, 5.74) is 5.12. The van der Waals surface area contributed by atoms with E-state index in [0.717, 1.165) is 12.8 Å². The summed E-state index contributed by atoms with van der Waals surface area (Å²) in [6.07, 6.45) is 4.13. The first-order valence-electron chi connectivity index (χ1n) is 6.00. The minimum atomic E-state index is -0.145. The first kappa shape index (κ1) is 11.9. The third-order valence-electron chi connectivity index (χ3n) is 3.54. The quantitative estimate of drug-likeness (QED) is 0.730. The zero-order valence-electron chi connectivity index (χ0n) is 10.6. The van der Waals surface area contributed by atoms with Crippen LogP contribution in [0.25, 0.3) is 6.08 Å². The number of hydrogen-bond donors (Lipinski definition) is 0. The lowest BCUT2D eigenvalue weighted by atomic mass is 9.85. The summed E-state index contributed by atoms with van der Waals surface area (Å²) in [5, 5.41) is 0. The predicted molar refractivity (Wildman–Crippen MR) is 68.7 cm³/mol. The Morgan fingerprint density at radius 1 is 1.35 bits per heavy atom. The van der Waals surface area contributed by atoms with Crippen LogP contribution in [-0.2, 0) is 16.0 Å². The van der Waals surface area contributed by atoms with Gasteiger partial charge in [-0.3, -0.25) is 4.79 Å². The van der Waals surface area contributed by atoms with Crippen LogP contribution in [0, 0.1) is 12.8 Å². The zero-order valence-corrected chi connectivity index (χ0v) is 10.6. The van der Waals surface area contributed by atoms with E-state index in [1.165, 1.54) is 29.4 Å². The summed E-state index contributed by atoms with van der Waals surface area (Å²) in [6, 6.07) is 6.37. The number of benzene rings is 1. The monoisotopic (exact) mass is 230 g/mol. The van der Waals surface area contributed by atoms with Crippen LogP contribution in [0.4, 0.5) is 0 Å². The molecule has 0 heterocycles. The molecular weight excluding hydrogens is 212 g/mol. The highest BCUT2D eigenvalue weighted by atomic mass is 16.5. The zero-order chi connectivity index (χ0) is 12.4. The average molecular weight is 230 g/mol. The fraction of sp³-hybridized carbons (Fsp3) is 0.400. The Labute approximate surface area is 102 Å². The molecule has 2 nitrogen and oxygen atoms in total. The van der Waals surface area contributed by atoms with Crippen molar-refractivity contribution in [2.75, 3.05) is 7.11 Å². The Morgan fingerprint density at radius 3 is 2.82 bits per heavy atom. The van der Waals surface area contributed by atoms with Crippen LogP contribution >= 0.6 is 0 Å². The van der Waals surface area contributed by atoms with Crippen LogP contribution in [-0.4, -0.2) is 13.1 Å². The molecule has 0 spiro atoms. The van der Waals surface area contributed by atoms with Gasteiger partial charge < -0.3 is 4.74 Å². The molecule has 0 aromatic heterocycles. The van der Waals surface area contributed by atoms with Crippen LogP contribution in [0.5, 0.6) is 0 Å². The van der Waals surface area contributed by atoms with Crippen LogP contribution < -0.4 is 0 Å². The number of esters is 1. The van der Waals surface area contributed by atoms with Crippen molar-refractivity contribution in [3.63, 3.8) is 0 Å². The van der Waals surface area contributed by atoms with Gasteiger partial charge in [0.1, 0.15) is 0 Å². The van der Waals surface area contributed by atoms with Crippen molar-refractivity contribution in [2.45, 2.75) is 26.7 Å². The van der Waals surface area contributed by atoms with E-state index in [9.17, 15) is 4.79 Å². The molecule has 0 fully saturated rings. The molecular formula is C15H18O2. The van der Waals surface area contributed by atoms with Gasteiger partial charge in [-0.05, 0) is 43.4 Å². The van der Waals surface area contributed by atoms with Gasteiger partial charge in [-0.25, -0.2) is 0 Å². The smallest absolute Gasteiger partial charge is 0.312 e. The fourth-order valence-corrected chi connectivity index (χ4v) is 2.37. The predicted octanol–water partition coefficient (Wildman–Crippen LogP) is 3.13. The van der Waals surface area contributed by atoms with Gasteiger partial charge in [0.15, 0.2) is 0 Å². The van der Waals surface area contributed by atoms with Gasteiger partial charge in [0.2, 0.25) is 0 Å². The van der Waals surface area contributed by atoms with Crippen LogP contribution in [0.3, 0.4) is 0 Å². The molecule has 0 saturated heterocycles. The highest BCUT2D eigenvalue weighted by molar-refractivity contribution is 5.78. The Bertz CT molecular complexity index is 472. The summed E-state index contributed by atoms with van der Waals surface area (Å²) in [6.45, 7) is 4.03. The number of carbonyl (C=O) groups excluding carboxylic acids is 1. The van der Waals surface area contributed by atoms with E-state index in [4.69, 9.17) is 4.74 Å². The second kappa shape index (κ2) is 4.74. The lowest BCUT2D eigenvalue weighted by Gasteiger charge is -2.21. The number of fused-ring (bicyclic) bond motifs is 1. The van der Waals surface area contributed by atoms with E-state index < -0.39 is 0 Å². The van der Waals surface area contributed by atoms with Gasteiger partial charge >= 0.3 is 5.97 Å². The molecule has 0 bridgehead atoms. The van der Waals surface area contributed by atoms with Crippen molar-refractivity contribution in [3.05, 3.63) is 40.5 Å². The van der Waals surface area contributed by atoms with Crippen molar-refractivity contribution < 1.29 is 9.53 Å². The Morgan fingerprint density at radius 2 is 2.12 bits per heavy atom. The molecule has 0 amide bonds. The molecule has 2 heteroatoms. The summed E-state index contributed by atoms with van der Waals surface area (Å²) in [5.74, 6) is -0.277. The average Bonchev–Trinajstić information content (AvgIpc) is 2.37. The maximum Gasteiger partial charge on any atom is 0.312 e. The lowest BCUT2D eigenvalue weighted by molar-refractivity contribution is -0.143. The Hall–Kier alpha value is -1.57. The molecule has 0 radical (unpaired) electrons. The van der Waals surface area contributed by atoms with E-state index in [1.807, 2.05) is 6.92 Å². The first-order chi connectivity index (χ1) is 8.13. The number of rotatable bonds is 2. The molecule has 0 N–H and O–H groups in total. The SMILES string of the molecule is COC(=O)C(C)C1=Cc2c(C)cccc2CC1. The Balaban J connectivity index is 2.35. The number of carbonyl (C=O) groups is 1. The molecule has 1 aliphatic rings. The van der Waals surface area contributed by atoms with Crippen molar-refractivity contribution in [1.29, 1.82) is 0 Å². The third kappa shape index (κ3) is 2.26. The maximum absolute atomic E-state index is 11.5. The van der Waals surface area contributed by atoms with Gasteiger partial charge in [-0.2, -0.15) is 0 Å². The molecule has 1 atom stereocenters. The first-order valence-corrected chi connectivity index (χ1v) is 6.00. The van der Waals surface area contributed by atoms with E-state index in [-0.39, 0.29) is 11.9 Å². The second-order valence-electron chi connectivity index (χ2n) is 4.61. The van der Waals surface area contributed by atoms with Crippen LogP contribution in [0.2, 0.25) is 0 Å². The van der Waals surface area contributed by atoms with E-state index >= 15 is 0 Å². The molecule has 0 aliphatic heterocycles. The van der Waals surface area contributed by atoms with Crippen LogP contribution in [0.1, 0.15) is 30.0 Å². The Kier molecular flexibility index (Phi) is 3.32. The highest BCUT2D eigenvalue weighted by Crippen LogP contribution is 2.30. The lowest BCUT2D eigenvalue weighted by Crippen LogP contribution is -2.17. The molecule has 0 saturated carbocycles. The maximum atomic E-state index is 11.5. The minimum Gasteiger partial charge on any atom is -0.469 e. The number of hydrogen-bond acceptors (Lipinski definition) is 2. The summed E-state index contributed by atoms with van der Waals surface area (Å²) in [4.78, 5) is 11.5. The van der Waals surface area contributed by atoms with Crippen LogP contribution in [0.15, 0.2) is 23.8 Å². The molecule has 17 heavy (non-hydrogen) atoms. The van der Waals surface area contributed by atoms with Crippen molar-refractivity contribution in [3.8, 4) is 0 Å². The fourth-order valence-electron chi connectivity index (χ4n) is 2.37. The third-order valence-corrected chi connectivity index (χ3v) is 3.54.